The van der Waals surface area contributed by atoms with Crippen LogP contribution in [0.2, 0.25) is 0 Å². The van der Waals surface area contributed by atoms with E-state index in [-0.39, 0.29) is 50.2 Å². The first-order chi connectivity index (χ1) is 20.9. The number of nitrogens with zero attached hydrogens (tertiary/aromatic N) is 1. The number of rotatable bonds is 25. The van der Waals surface area contributed by atoms with Crippen molar-refractivity contribution in [2.45, 2.75) is 162 Å². The van der Waals surface area contributed by atoms with E-state index in [0.717, 1.165) is 64.2 Å². The van der Waals surface area contributed by atoms with Crippen LogP contribution in [0.1, 0.15) is 150 Å². The minimum atomic E-state index is -0.532. The van der Waals surface area contributed by atoms with Gasteiger partial charge in [0.25, 0.3) is 0 Å². The van der Waals surface area contributed by atoms with Gasteiger partial charge in [-0.25, -0.2) is 4.79 Å². The van der Waals surface area contributed by atoms with Gasteiger partial charge in [0.15, 0.2) is 0 Å². The molecule has 1 heterocycles. The van der Waals surface area contributed by atoms with E-state index in [0.29, 0.717) is 19.6 Å². The molecule has 1 aliphatic heterocycles. The Hall–Kier alpha value is -2.32. The van der Waals surface area contributed by atoms with E-state index in [1.165, 1.54) is 38.5 Å². The molecule has 0 saturated carbocycles. The first kappa shape index (κ1) is 38.7. The number of esters is 3. The van der Waals surface area contributed by atoms with Gasteiger partial charge in [0.2, 0.25) is 0 Å². The van der Waals surface area contributed by atoms with Crippen LogP contribution in [0.15, 0.2) is 0 Å². The zero-order chi connectivity index (χ0) is 31.7. The van der Waals surface area contributed by atoms with Gasteiger partial charge in [0, 0.05) is 18.4 Å². The molecule has 1 rings (SSSR count). The molecule has 9 nitrogen and oxygen atoms in total. The van der Waals surface area contributed by atoms with Crippen molar-refractivity contribution < 1.29 is 38.1 Å². The van der Waals surface area contributed by atoms with Crippen LogP contribution in [0.5, 0.6) is 0 Å². The summed E-state index contributed by atoms with van der Waals surface area (Å²) in [6.07, 6.45) is 16.0. The molecule has 0 spiro atoms. The summed E-state index contributed by atoms with van der Waals surface area (Å²) in [5.41, 5.74) is 0. The van der Waals surface area contributed by atoms with E-state index in [1.54, 1.807) is 4.90 Å². The lowest BCUT2D eigenvalue weighted by Gasteiger charge is -2.29. The molecule has 0 N–H and O–H groups in total. The molecule has 1 aliphatic rings. The third kappa shape index (κ3) is 18.2. The average molecular weight is 612 g/mol. The van der Waals surface area contributed by atoms with E-state index in [2.05, 4.69) is 13.8 Å². The van der Waals surface area contributed by atoms with Crippen LogP contribution < -0.4 is 0 Å². The summed E-state index contributed by atoms with van der Waals surface area (Å²) < 4.78 is 21.9. The van der Waals surface area contributed by atoms with Crippen LogP contribution in [0.3, 0.4) is 0 Å². The van der Waals surface area contributed by atoms with Gasteiger partial charge < -0.3 is 18.9 Å². The lowest BCUT2D eigenvalue weighted by Crippen LogP contribution is -2.43. The second-order valence-electron chi connectivity index (χ2n) is 12.0. The third-order valence-corrected chi connectivity index (χ3v) is 8.05. The predicted octanol–water partition coefficient (Wildman–Crippen LogP) is 7.91. The van der Waals surface area contributed by atoms with Crippen molar-refractivity contribution in [2.75, 3.05) is 26.4 Å². The summed E-state index contributed by atoms with van der Waals surface area (Å²) in [5, 5.41) is 0. The number of carbonyl (C=O) groups is 4. The largest absolute Gasteiger partial charge is 0.466 e. The zero-order valence-electron chi connectivity index (χ0n) is 27.7. The van der Waals surface area contributed by atoms with E-state index < -0.39 is 17.9 Å². The quantitative estimate of drug-likeness (QED) is 0.0582. The monoisotopic (exact) mass is 611 g/mol. The molecule has 3 atom stereocenters. The number of carbonyl (C=O) groups excluding carboxylic acids is 4. The molecule has 9 heteroatoms. The Morgan fingerprint density at radius 3 is 1.81 bits per heavy atom. The van der Waals surface area contributed by atoms with Crippen molar-refractivity contribution in [3.8, 4) is 0 Å². The second-order valence-corrected chi connectivity index (χ2v) is 12.0. The highest BCUT2D eigenvalue weighted by atomic mass is 16.6. The molecule has 0 aromatic heterocycles. The number of ether oxygens (including phenoxy) is 4. The van der Waals surface area contributed by atoms with Gasteiger partial charge >= 0.3 is 24.0 Å². The highest BCUT2D eigenvalue weighted by molar-refractivity contribution is 5.74. The zero-order valence-corrected chi connectivity index (χ0v) is 27.7. The molecule has 3 unspecified atom stereocenters. The first-order valence-corrected chi connectivity index (χ1v) is 17.3. The maximum Gasteiger partial charge on any atom is 0.410 e. The van der Waals surface area contributed by atoms with Gasteiger partial charge in [-0.05, 0) is 38.5 Å². The predicted molar refractivity (Wildman–Crippen MR) is 168 cm³/mol. The Morgan fingerprint density at radius 1 is 0.605 bits per heavy atom. The molecule has 250 valence electrons. The topological polar surface area (TPSA) is 108 Å². The van der Waals surface area contributed by atoms with Crippen LogP contribution in [0.4, 0.5) is 4.79 Å². The van der Waals surface area contributed by atoms with Crippen LogP contribution in [-0.4, -0.2) is 67.4 Å². The van der Waals surface area contributed by atoms with Crippen LogP contribution in [-0.2, 0) is 33.3 Å². The summed E-state index contributed by atoms with van der Waals surface area (Å²) in [7, 11) is 0. The first-order valence-electron chi connectivity index (χ1n) is 17.3. The van der Waals surface area contributed by atoms with E-state index in [4.69, 9.17) is 18.9 Å². The van der Waals surface area contributed by atoms with Crippen molar-refractivity contribution >= 4 is 24.0 Å². The van der Waals surface area contributed by atoms with Crippen LogP contribution in [0, 0.1) is 5.92 Å². The summed E-state index contributed by atoms with van der Waals surface area (Å²) in [5.74, 6) is -1.73. The van der Waals surface area contributed by atoms with Crippen molar-refractivity contribution in [1.82, 2.24) is 4.90 Å². The van der Waals surface area contributed by atoms with Gasteiger partial charge in [0.1, 0.15) is 6.61 Å². The molecular weight excluding hydrogens is 550 g/mol. The third-order valence-electron chi connectivity index (χ3n) is 8.05. The standard InChI is InChI=1S/C34H61NO8/c1-5-9-11-13-15-17-19-31(36)42-26-28(24-32(37)40-23-18-16-14-12-10-6-2)25-33(38)43-27-30-21-20-29(8-4)35(30)34(39)41-22-7-3/h28-30H,5-27H2,1-4H3. The van der Waals surface area contributed by atoms with E-state index >= 15 is 0 Å². The van der Waals surface area contributed by atoms with Gasteiger partial charge in [-0.2, -0.15) is 0 Å². The molecular formula is C34H61NO8. The average Bonchev–Trinajstić information content (AvgIpc) is 3.42. The number of unbranched alkanes of at least 4 members (excludes halogenated alkanes) is 10. The molecule has 0 aromatic carbocycles. The van der Waals surface area contributed by atoms with Gasteiger partial charge in [0.05, 0.1) is 38.7 Å². The van der Waals surface area contributed by atoms with Crippen molar-refractivity contribution in [2.24, 2.45) is 5.92 Å². The lowest BCUT2D eigenvalue weighted by atomic mass is 10.0. The Kier molecular flexibility index (Phi) is 22.5. The fraction of sp³-hybridized carbons (Fsp3) is 0.882. The number of hydrogen-bond donors (Lipinski definition) is 0. The van der Waals surface area contributed by atoms with Crippen molar-refractivity contribution in [3.63, 3.8) is 0 Å². The van der Waals surface area contributed by atoms with Crippen molar-refractivity contribution in [1.29, 1.82) is 0 Å². The highest BCUT2D eigenvalue weighted by Gasteiger charge is 2.37. The Labute approximate surface area is 261 Å². The van der Waals surface area contributed by atoms with Gasteiger partial charge in [-0.3, -0.25) is 19.3 Å². The smallest absolute Gasteiger partial charge is 0.410 e. The lowest BCUT2D eigenvalue weighted by molar-refractivity contribution is -0.154. The fourth-order valence-electron chi connectivity index (χ4n) is 5.46. The molecule has 0 bridgehead atoms. The fourth-order valence-corrected chi connectivity index (χ4v) is 5.46. The number of likely N-dealkylation sites (tertiary alicyclic amines) is 1. The van der Waals surface area contributed by atoms with Crippen molar-refractivity contribution in [3.05, 3.63) is 0 Å². The molecule has 0 aliphatic carbocycles. The highest BCUT2D eigenvalue weighted by Crippen LogP contribution is 2.28. The summed E-state index contributed by atoms with van der Waals surface area (Å²) in [4.78, 5) is 52.2. The van der Waals surface area contributed by atoms with Crippen LogP contribution in [0.25, 0.3) is 0 Å². The maximum atomic E-state index is 12.9. The summed E-state index contributed by atoms with van der Waals surface area (Å²) in [6, 6.07) is -0.178. The molecule has 0 radical (unpaired) electrons. The molecule has 1 saturated heterocycles. The molecule has 1 fully saturated rings. The summed E-state index contributed by atoms with van der Waals surface area (Å²) in [6.45, 7) is 9.07. The molecule has 1 amide bonds. The maximum absolute atomic E-state index is 12.9. The van der Waals surface area contributed by atoms with Gasteiger partial charge in [-0.1, -0.05) is 91.9 Å². The molecule has 43 heavy (non-hydrogen) atoms. The molecule has 0 aromatic rings. The van der Waals surface area contributed by atoms with E-state index in [9.17, 15) is 19.2 Å². The Balaban J connectivity index is 2.61. The minimum absolute atomic E-state index is 0.0218. The van der Waals surface area contributed by atoms with Gasteiger partial charge in [-0.15, -0.1) is 0 Å². The Morgan fingerprint density at radius 2 is 1.19 bits per heavy atom. The SMILES string of the molecule is CCCCCCCCOC(=O)CC(COC(=O)CCCCCCCC)CC(=O)OCC1CCC(CC)N1C(=O)OCCC. The number of amides is 1. The second kappa shape index (κ2) is 25.1. The Bertz CT molecular complexity index is 773. The number of hydrogen-bond acceptors (Lipinski definition) is 8. The van der Waals surface area contributed by atoms with E-state index in [1.807, 2.05) is 13.8 Å². The van der Waals surface area contributed by atoms with Crippen LogP contribution >= 0.6 is 0 Å². The normalized spacial score (nSPS) is 17.0. The summed E-state index contributed by atoms with van der Waals surface area (Å²) >= 11 is 0. The minimum Gasteiger partial charge on any atom is -0.466 e.